The molecule has 1 aromatic carbocycles. The van der Waals surface area contributed by atoms with Crippen LogP contribution in [-0.4, -0.2) is 43.8 Å². The SMILES string of the molecule is CNC(CN1CCOC(C)(C)C1)c1ccccc1. The van der Waals surface area contributed by atoms with E-state index < -0.39 is 0 Å². The van der Waals surface area contributed by atoms with Gasteiger partial charge in [0.05, 0.1) is 12.2 Å². The van der Waals surface area contributed by atoms with Gasteiger partial charge in [0.25, 0.3) is 0 Å². The molecule has 0 aromatic heterocycles. The molecule has 100 valence electrons. The topological polar surface area (TPSA) is 24.5 Å². The van der Waals surface area contributed by atoms with E-state index in [1.165, 1.54) is 5.56 Å². The predicted octanol–water partition coefficient (Wildman–Crippen LogP) is 2.06. The largest absolute Gasteiger partial charge is 0.373 e. The fraction of sp³-hybridized carbons (Fsp3) is 0.600. The van der Waals surface area contributed by atoms with Crippen molar-refractivity contribution in [3.63, 3.8) is 0 Å². The molecular weight excluding hydrogens is 224 g/mol. The van der Waals surface area contributed by atoms with Crippen LogP contribution in [0.15, 0.2) is 30.3 Å². The zero-order valence-electron chi connectivity index (χ0n) is 11.6. The molecule has 1 unspecified atom stereocenters. The maximum Gasteiger partial charge on any atom is 0.0753 e. The smallest absolute Gasteiger partial charge is 0.0753 e. The number of morpholine rings is 1. The van der Waals surface area contributed by atoms with Crippen LogP contribution in [0.4, 0.5) is 0 Å². The summed E-state index contributed by atoms with van der Waals surface area (Å²) >= 11 is 0. The van der Waals surface area contributed by atoms with Gasteiger partial charge in [-0.2, -0.15) is 0 Å². The molecule has 0 amide bonds. The Morgan fingerprint density at radius 3 is 2.67 bits per heavy atom. The number of likely N-dealkylation sites (N-methyl/N-ethyl adjacent to an activating group) is 1. The van der Waals surface area contributed by atoms with E-state index in [2.05, 4.69) is 54.4 Å². The molecule has 1 aromatic rings. The average Bonchev–Trinajstić information content (AvgIpc) is 2.36. The van der Waals surface area contributed by atoms with Crippen LogP contribution >= 0.6 is 0 Å². The zero-order chi connectivity index (χ0) is 13.0. The van der Waals surface area contributed by atoms with Crippen molar-refractivity contribution in [1.82, 2.24) is 10.2 Å². The predicted molar refractivity (Wildman–Crippen MR) is 74.7 cm³/mol. The fourth-order valence-corrected chi connectivity index (χ4v) is 2.58. The highest BCUT2D eigenvalue weighted by Gasteiger charge is 2.28. The molecule has 0 spiro atoms. The lowest BCUT2D eigenvalue weighted by molar-refractivity contribution is -0.0875. The summed E-state index contributed by atoms with van der Waals surface area (Å²) in [5, 5.41) is 3.41. The average molecular weight is 248 g/mol. The van der Waals surface area contributed by atoms with Gasteiger partial charge < -0.3 is 10.1 Å². The van der Waals surface area contributed by atoms with Gasteiger partial charge in [-0.15, -0.1) is 0 Å². The van der Waals surface area contributed by atoms with Crippen LogP contribution in [0.25, 0.3) is 0 Å². The van der Waals surface area contributed by atoms with Crippen LogP contribution in [0, 0.1) is 0 Å². The lowest BCUT2D eigenvalue weighted by Crippen LogP contribution is -2.50. The number of nitrogens with one attached hydrogen (secondary N) is 1. The molecule has 2 rings (SSSR count). The molecule has 1 aliphatic heterocycles. The van der Waals surface area contributed by atoms with Gasteiger partial charge in [-0.25, -0.2) is 0 Å². The summed E-state index contributed by atoms with van der Waals surface area (Å²) in [4.78, 5) is 2.48. The molecular formula is C15H24N2O. The van der Waals surface area contributed by atoms with E-state index in [1.807, 2.05) is 7.05 Å². The summed E-state index contributed by atoms with van der Waals surface area (Å²) < 4.78 is 5.75. The molecule has 1 atom stereocenters. The van der Waals surface area contributed by atoms with Crippen molar-refractivity contribution in [2.75, 3.05) is 33.3 Å². The molecule has 1 heterocycles. The van der Waals surface area contributed by atoms with Crippen LogP contribution in [0.5, 0.6) is 0 Å². The summed E-state index contributed by atoms with van der Waals surface area (Å²) in [6, 6.07) is 11.0. The molecule has 18 heavy (non-hydrogen) atoms. The molecule has 1 N–H and O–H groups in total. The third-order valence-electron chi connectivity index (χ3n) is 3.50. The van der Waals surface area contributed by atoms with Crippen LogP contribution in [0.1, 0.15) is 25.5 Å². The number of hydrogen-bond acceptors (Lipinski definition) is 3. The summed E-state index contributed by atoms with van der Waals surface area (Å²) in [7, 11) is 2.03. The van der Waals surface area contributed by atoms with Crippen LogP contribution in [-0.2, 0) is 4.74 Å². The Bertz CT molecular complexity index is 364. The number of benzene rings is 1. The van der Waals surface area contributed by atoms with Gasteiger partial charge in [-0.1, -0.05) is 30.3 Å². The highest BCUT2D eigenvalue weighted by atomic mass is 16.5. The van der Waals surface area contributed by atoms with Gasteiger partial charge in [0.15, 0.2) is 0 Å². The highest BCUT2D eigenvalue weighted by molar-refractivity contribution is 5.19. The van der Waals surface area contributed by atoms with Crippen molar-refractivity contribution in [2.24, 2.45) is 0 Å². The van der Waals surface area contributed by atoms with Crippen LogP contribution < -0.4 is 5.32 Å². The minimum Gasteiger partial charge on any atom is -0.373 e. The van der Waals surface area contributed by atoms with E-state index in [0.717, 1.165) is 26.2 Å². The Morgan fingerprint density at radius 1 is 1.33 bits per heavy atom. The van der Waals surface area contributed by atoms with Gasteiger partial charge >= 0.3 is 0 Å². The Morgan fingerprint density at radius 2 is 2.06 bits per heavy atom. The van der Waals surface area contributed by atoms with E-state index in [4.69, 9.17) is 4.74 Å². The molecule has 0 bridgehead atoms. The van der Waals surface area contributed by atoms with E-state index in [-0.39, 0.29) is 5.60 Å². The number of nitrogens with zero attached hydrogens (tertiary/aromatic N) is 1. The molecule has 3 heteroatoms. The lowest BCUT2D eigenvalue weighted by atomic mass is 10.0. The molecule has 1 aliphatic rings. The first kappa shape index (κ1) is 13.5. The maximum absolute atomic E-state index is 5.75. The zero-order valence-corrected chi connectivity index (χ0v) is 11.6. The molecule has 1 saturated heterocycles. The maximum atomic E-state index is 5.75. The van der Waals surface area contributed by atoms with Gasteiger partial charge in [0.2, 0.25) is 0 Å². The van der Waals surface area contributed by atoms with Gasteiger partial charge in [-0.05, 0) is 26.5 Å². The molecule has 0 saturated carbocycles. The first-order valence-corrected chi connectivity index (χ1v) is 6.69. The van der Waals surface area contributed by atoms with Crippen molar-refractivity contribution in [3.8, 4) is 0 Å². The van der Waals surface area contributed by atoms with Gasteiger partial charge in [0, 0.05) is 25.7 Å². The number of ether oxygens (including phenoxy) is 1. The first-order valence-electron chi connectivity index (χ1n) is 6.69. The molecule has 0 radical (unpaired) electrons. The minimum atomic E-state index is -0.0206. The highest BCUT2D eigenvalue weighted by Crippen LogP contribution is 2.20. The van der Waals surface area contributed by atoms with Crippen molar-refractivity contribution in [1.29, 1.82) is 0 Å². The summed E-state index contributed by atoms with van der Waals surface area (Å²) in [6.07, 6.45) is 0. The van der Waals surface area contributed by atoms with Gasteiger partial charge in [0.1, 0.15) is 0 Å². The Hall–Kier alpha value is -0.900. The van der Waals surface area contributed by atoms with Crippen molar-refractivity contribution >= 4 is 0 Å². The summed E-state index contributed by atoms with van der Waals surface area (Å²) in [5.41, 5.74) is 1.33. The fourth-order valence-electron chi connectivity index (χ4n) is 2.58. The van der Waals surface area contributed by atoms with E-state index in [1.54, 1.807) is 0 Å². The van der Waals surface area contributed by atoms with Crippen molar-refractivity contribution in [2.45, 2.75) is 25.5 Å². The summed E-state index contributed by atoms with van der Waals surface area (Å²) in [6.45, 7) is 8.21. The Kier molecular flexibility index (Phi) is 4.38. The third kappa shape index (κ3) is 3.55. The Balaban J connectivity index is 1.98. The standard InChI is InChI=1S/C15H24N2O/c1-15(2)12-17(9-10-18-15)11-14(16-3)13-7-5-4-6-8-13/h4-8,14,16H,9-12H2,1-3H3. The van der Waals surface area contributed by atoms with Crippen LogP contribution in [0.2, 0.25) is 0 Å². The molecule has 1 fully saturated rings. The van der Waals surface area contributed by atoms with Crippen molar-refractivity contribution in [3.05, 3.63) is 35.9 Å². The minimum absolute atomic E-state index is 0.0206. The second-order valence-electron chi connectivity index (χ2n) is 5.60. The summed E-state index contributed by atoms with van der Waals surface area (Å²) in [5.74, 6) is 0. The Labute approximate surface area is 110 Å². The first-order chi connectivity index (χ1) is 8.61. The molecule has 0 aliphatic carbocycles. The van der Waals surface area contributed by atoms with Gasteiger partial charge in [-0.3, -0.25) is 4.90 Å². The van der Waals surface area contributed by atoms with E-state index in [9.17, 15) is 0 Å². The van der Waals surface area contributed by atoms with Crippen LogP contribution in [0.3, 0.4) is 0 Å². The second-order valence-corrected chi connectivity index (χ2v) is 5.60. The number of rotatable bonds is 4. The van der Waals surface area contributed by atoms with E-state index in [0.29, 0.717) is 6.04 Å². The quantitative estimate of drug-likeness (QED) is 0.882. The molecule has 3 nitrogen and oxygen atoms in total. The van der Waals surface area contributed by atoms with Crippen molar-refractivity contribution < 1.29 is 4.74 Å². The third-order valence-corrected chi connectivity index (χ3v) is 3.50. The van der Waals surface area contributed by atoms with E-state index >= 15 is 0 Å². The monoisotopic (exact) mass is 248 g/mol. The normalized spacial score (nSPS) is 21.7. The second kappa shape index (κ2) is 5.83. The number of hydrogen-bond donors (Lipinski definition) is 1. The lowest BCUT2D eigenvalue weighted by Gasteiger charge is -2.39.